The van der Waals surface area contributed by atoms with E-state index in [1.54, 1.807) is 0 Å². The summed E-state index contributed by atoms with van der Waals surface area (Å²) in [7, 11) is 0. The first-order chi connectivity index (χ1) is 10.1. The molecule has 1 fully saturated rings. The molecule has 112 valence electrons. The van der Waals surface area contributed by atoms with Crippen molar-refractivity contribution in [3.05, 3.63) is 35.4 Å². The number of aliphatic hydroxyl groups is 1. The second-order valence-electron chi connectivity index (χ2n) is 5.86. The number of carbonyl (C=O) groups is 1. The lowest BCUT2D eigenvalue weighted by atomic mass is 9.95. The van der Waals surface area contributed by atoms with Gasteiger partial charge < -0.3 is 10.0 Å². The van der Waals surface area contributed by atoms with Gasteiger partial charge in [-0.25, -0.2) is 0 Å². The highest BCUT2D eigenvalue weighted by atomic mass is 16.2. The number of aliphatic hydroxyl groups excluding tert-OH is 1. The van der Waals surface area contributed by atoms with Crippen LogP contribution in [-0.4, -0.2) is 35.6 Å². The number of rotatable bonds is 3. The first-order valence-corrected chi connectivity index (χ1v) is 7.61. The molecule has 1 unspecified atom stereocenters. The molecule has 21 heavy (non-hydrogen) atoms. The van der Waals surface area contributed by atoms with Crippen molar-refractivity contribution in [1.29, 1.82) is 0 Å². The molecule has 1 aliphatic rings. The Balaban J connectivity index is 2.15. The van der Waals surface area contributed by atoms with E-state index in [1.165, 1.54) is 0 Å². The van der Waals surface area contributed by atoms with Gasteiger partial charge in [0.05, 0.1) is 12.2 Å². The van der Waals surface area contributed by atoms with Gasteiger partial charge in [-0.1, -0.05) is 37.8 Å². The van der Waals surface area contributed by atoms with E-state index in [0.29, 0.717) is 23.8 Å². The van der Waals surface area contributed by atoms with Crippen molar-refractivity contribution in [3.63, 3.8) is 0 Å². The van der Waals surface area contributed by atoms with Gasteiger partial charge in [-0.3, -0.25) is 4.79 Å². The Morgan fingerprint density at radius 1 is 1.43 bits per heavy atom. The molecular weight excluding hydrogens is 262 g/mol. The highest BCUT2D eigenvalue weighted by Gasteiger charge is 2.29. The van der Waals surface area contributed by atoms with Crippen molar-refractivity contribution >= 4 is 5.91 Å². The molecule has 1 atom stereocenters. The van der Waals surface area contributed by atoms with Crippen molar-refractivity contribution in [2.45, 2.75) is 26.7 Å². The molecule has 1 heterocycles. The SMILES string of the molecule is CC(C)C1CCN(C(=O)c2ccccc2C#CCCO)C1. The van der Waals surface area contributed by atoms with Gasteiger partial charge in [-0.15, -0.1) is 0 Å². The maximum absolute atomic E-state index is 12.7. The van der Waals surface area contributed by atoms with E-state index in [2.05, 4.69) is 25.7 Å². The number of nitrogens with zero attached hydrogens (tertiary/aromatic N) is 1. The fourth-order valence-electron chi connectivity index (χ4n) is 2.68. The largest absolute Gasteiger partial charge is 0.395 e. The Bertz CT molecular complexity index is 554. The summed E-state index contributed by atoms with van der Waals surface area (Å²) in [5.41, 5.74) is 1.43. The quantitative estimate of drug-likeness (QED) is 0.867. The smallest absolute Gasteiger partial charge is 0.255 e. The highest BCUT2D eigenvalue weighted by Crippen LogP contribution is 2.25. The lowest BCUT2D eigenvalue weighted by Gasteiger charge is -2.18. The predicted octanol–water partition coefficient (Wildman–Crippen LogP) is 2.54. The minimum Gasteiger partial charge on any atom is -0.395 e. The third-order valence-corrected chi connectivity index (χ3v) is 4.07. The van der Waals surface area contributed by atoms with E-state index in [1.807, 2.05) is 29.2 Å². The molecule has 3 nitrogen and oxygen atoms in total. The van der Waals surface area contributed by atoms with E-state index in [0.717, 1.165) is 25.1 Å². The standard InChI is InChI=1S/C18H23NO2/c1-14(2)16-10-11-19(13-16)18(21)17-9-4-3-7-15(17)8-5-6-12-20/h3-4,7,9,14,16,20H,6,10-13H2,1-2H3. The van der Waals surface area contributed by atoms with Crippen LogP contribution in [0.25, 0.3) is 0 Å². The van der Waals surface area contributed by atoms with Gasteiger partial charge >= 0.3 is 0 Å². The van der Waals surface area contributed by atoms with Crippen molar-refractivity contribution in [3.8, 4) is 11.8 Å². The first-order valence-electron chi connectivity index (χ1n) is 7.61. The van der Waals surface area contributed by atoms with E-state index in [-0.39, 0.29) is 12.5 Å². The van der Waals surface area contributed by atoms with Crippen LogP contribution in [-0.2, 0) is 0 Å². The molecular formula is C18H23NO2. The van der Waals surface area contributed by atoms with E-state index in [4.69, 9.17) is 5.11 Å². The number of likely N-dealkylation sites (tertiary alicyclic amines) is 1. The molecule has 0 spiro atoms. The third-order valence-electron chi connectivity index (χ3n) is 4.07. The highest BCUT2D eigenvalue weighted by molar-refractivity contribution is 5.96. The zero-order valence-corrected chi connectivity index (χ0v) is 12.8. The normalized spacial score (nSPS) is 17.7. The number of benzene rings is 1. The molecule has 2 rings (SSSR count). The van der Waals surface area contributed by atoms with Crippen LogP contribution in [0.3, 0.4) is 0 Å². The minimum atomic E-state index is 0.0469. The van der Waals surface area contributed by atoms with Gasteiger partial charge in [0.15, 0.2) is 0 Å². The molecule has 0 saturated carbocycles. The summed E-state index contributed by atoms with van der Waals surface area (Å²) in [4.78, 5) is 14.6. The van der Waals surface area contributed by atoms with Crippen LogP contribution in [0.1, 0.15) is 42.6 Å². The summed E-state index contributed by atoms with van der Waals surface area (Å²) < 4.78 is 0. The minimum absolute atomic E-state index is 0.0469. The van der Waals surface area contributed by atoms with Crippen molar-refractivity contribution in [1.82, 2.24) is 4.90 Å². The molecule has 1 amide bonds. The van der Waals surface area contributed by atoms with E-state index < -0.39 is 0 Å². The maximum Gasteiger partial charge on any atom is 0.255 e. The van der Waals surface area contributed by atoms with Crippen LogP contribution in [0, 0.1) is 23.7 Å². The molecule has 1 aromatic carbocycles. The molecule has 1 aromatic rings. The summed E-state index contributed by atoms with van der Waals surface area (Å²) in [6.45, 7) is 6.15. The van der Waals surface area contributed by atoms with Crippen molar-refractivity contribution in [2.75, 3.05) is 19.7 Å². The molecule has 1 N–H and O–H groups in total. The number of amides is 1. The van der Waals surface area contributed by atoms with Crippen molar-refractivity contribution < 1.29 is 9.90 Å². The van der Waals surface area contributed by atoms with Gasteiger partial charge in [0.2, 0.25) is 0 Å². The van der Waals surface area contributed by atoms with Crippen molar-refractivity contribution in [2.24, 2.45) is 11.8 Å². The molecule has 0 aliphatic carbocycles. The predicted molar refractivity (Wildman–Crippen MR) is 83.9 cm³/mol. The van der Waals surface area contributed by atoms with Gasteiger partial charge in [0, 0.05) is 25.1 Å². The van der Waals surface area contributed by atoms with Gasteiger partial charge in [0.1, 0.15) is 0 Å². The molecule has 3 heteroatoms. The topological polar surface area (TPSA) is 40.5 Å². The van der Waals surface area contributed by atoms with E-state index in [9.17, 15) is 4.79 Å². The summed E-state index contributed by atoms with van der Waals surface area (Å²) >= 11 is 0. The van der Waals surface area contributed by atoms with E-state index >= 15 is 0 Å². The Labute approximate surface area is 127 Å². The Kier molecular flexibility index (Phi) is 5.41. The fourth-order valence-corrected chi connectivity index (χ4v) is 2.68. The average molecular weight is 285 g/mol. The summed E-state index contributed by atoms with van der Waals surface area (Å²) in [6, 6.07) is 7.47. The van der Waals surface area contributed by atoms with Gasteiger partial charge in [0.25, 0.3) is 5.91 Å². The Morgan fingerprint density at radius 2 is 2.19 bits per heavy atom. The van der Waals surface area contributed by atoms with Crippen LogP contribution in [0.2, 0.25) is 0 Å². The zero-order chi connectivity index (χ0) is 15.2. The Hall–Kier alpha value is -1.79. The van der Waals surface area contributed by atoms with Crippen LogP contribution in [0.5, 0.6) is 0 Å². The van der Waals surface area contributed by atoms with Crippen LogP contribution < -0.4 is 0 Å². The monoisotopic (exact) mass is 285 g/mol. The lowest BCUT2D eigenvalue weighted by Crippen LogP contribution is -2.29. The van der Waals surface area contributed by atoms with Crippen LogP contribution in [0.4, 0.5) is 0 Å². The Morgan fingerprint density at radius 3 is 2.86 bits per heavy atom. The second-order valence-corrected chi connectivity index (χ2v) is 5.86. The maximum atomic E-state index is 12.7. The number of hydrogen-bond donors (Lipinski definition) is 1. The fraction of sp³-hybridized carbons (Fsp3) is 0.500. The summed E-state index contributed by atoms with van der Waals surface area (Å²) in [5.74, 6) is 7.18. The molecule has 1 saturated heterocycles. The third kappa shape index (κ3) is 3.86. The molecule has 0 aromatic heterocycles. The second kappa shape index (κ2) is 7.28. The average Bonchev–Trinajstić information content (AvgIpc) is 2.97. The van der Waals surface area contributed by atoms with Crippen LogP contribution >= 0.6 is 0 Å². The molecule has 1 aliphatic heterocycles. The van der Waals surface area contributed by atoms with Gasteiger partial charge in [-0.05, 0) is 30.4 Å². The first kappa shape index (κ1) is 15.6. The summed E-state index contributed by atoms with van der Waals surface area (Å²) in [6.07, 6.45) is 1.52. The van der Waals surface area contributed by atoms with Crippen LogP contribution in [0.15, 0.2) is 24.3 Å². The number of hydrogen-bond acceptors (Lipinski definition) is 2. The number of carbonyl (C=O) groups excluding carboxylic acids is 1. The molecule has 0 radical (unpaired) electrons. The van der Waals surface area contributed by atoms with Gasteiger partial charge in [-0.2, -0.15) is 0 Å². The summed E-state index contributed by atoms with van der Waals surface area (Å²) in [5, 5.41) is 8.80. The lowest BCUT2D eigenvalue weighted by molar-refractivity contribution is 0.0784. The molecule has 0 bridgehead atoms. The zero-order valence-electron chi connectivity index (χ0n) is 12.8.